The van der Waals surface area contributed by atoms with Gasteiger partial charge in [-0.2, -0.15) is 13.2 Å². The molecule has 0 radical (unpaired) electrons. The molecular formula is C18H15F3N2O4S. The molecule has 1 unspecified atom stereocenters. The number of hydrogen-bond acceptors (Lipinski definition) is 4. The Morgan fingerprint density at radius 2 is 1.64 bits per heavy atom. The van der Waals surface area contributed by atoms with E-state index in [9.17, 15) is 31.2 Å². The van der Waals surface area contributed by atoms with Crippen LogP contribution >= 0.6 is 0 Å². The zero-order chi connectivity index (χ0) is 20.7. The summed E-state index contributed by atoms with van der Waals surface area (Å²) in [5, 5.41) is 2.45. The first-order chi connectivity index (χ1) is 13.0. The molecular weight excluding hydrogens is 397 g/mol. The van der Waals surface area contributed by atoms with Crippen LogP contribution in [0.15, 0.2) is 48.5 Å². The maximum atomic E-state index is 12.6. The van der Waals surface area contributed by atoms with Gasteiger partial charge in [-0.05, 0) is 48.5 Å². The summed E-state index contributed by atoms with van der Waals surface area (Å²) < 4.78 is 62.6. The van der Waals surface area contributed by atoms with Crippen molar-refractivity contribution in [2.75, 3.05) is 15.4 Å². The molecule has 0 bridgehead atoms. The smallest absolute Gasteiger partial charge is 0.322 e. The third-order valence-corrected chi connectivity index (χ3v) is 6.06. The molecule has 1 saturated heterocycles. The number of amides is 2. The minimum Gasteiger partial charge on any atom is -0.322 e. The maximum Gasteiger partial charge on any atom is 0.416 e. The Balaban J connectivity index is 1.75. The average Bonchev–Trinajstić information content (AvgIpc) is 2.82. The van der Waals surface area contributed by atoms with Crippen molar-refractivity contribution in [3.63, 3.8) is 0 Å². The van der Waals surface area contributed by atoms with Crippen molar-refractivity contribution in [2.45, 2.75) is 13.1 Å². The van der Waals surface area contributed by atoms with Crippen molar-refractivity contribution in [2.24, 2.45) is 5.92 Å². The van der Waals surface area contributed by atoms with Crippen molar-refractivity contribution in [1.82, 2.24) is 0 Å². The standard InChI is InChI=1S/C18H15F3N2O4S/c1-11-10-28(26,27)23(17(11)25)15-8-2-12(3-9-15)16(24)22-14-6-4-13(5-7-14)18(19,20)21/h2-9,11H,10H2,1H3,(H,22,24). The first kappa shape index (κ1) is 19.9. The fourth-order valence-corrected chi connectivity index (χ4v) is 4.60. The normalized spacial score (nSPS) is 18.9. The van der Waals surface area contributed by atoms with E-state index < -0.39 is 39.5 Å². The monoisotopic (exact) mass is 412 g/mol. The number of benzene rings is 2. The van der Waals surface area contributed by atoms with Crippen LogP contribution in [0.2, 0.25) is 0 Å². The van der Waals surface area contributed by atoms with Gasteiger partial charge in [-0.3, -0.25) is 9.59 Å². The van der Waals surface area contributed by atoms with Gasteiger partial charge >= 0.3 is 6.18 Å². The molecule has 0 spiro atoms. The summed E-state index contributed by atoms with van der Waals surface area (Å²) in [6.07, 6.45) is -4.47. The minimum absolute atomic E-state index is 0.125. The summed E-state index contributed by atoms with van der Waals surface area (Å²) in [4.78, 5) is 24.3. The second kappa shape index (κ2) is 6.93. The van der Waals surface area contributed by atoms with Crippen LogP contribution in [0.5, 0.6) is 0 Å². The van der Waals surface area contributed by atoms with E-state index in [4.69, 9.17) is 0 Å². The predicted octanol–water partition coefficient (Wildman–Crippen LogP) is 3.27. The molecule has 1 aliphatic rings. The summed E-state index contributed by atoms with van der Waals surface area (Å²) in [5.41, 5.74) is -0.380. The summed E-state index contributed by atoms with van der Waals surface area (Å²) in [7, 11) is -3.74. The second-order valence-electron chi connectivity index (χ2n) is 6.36. The van der Waals surface area contributed by atoms with Crippen molar-refractivity contribution in [3.05, 3.63) is 59.7 Å². The van der Waals surface area contributed by atoms with Crippen molar-refractivity contribution in [1.29, 1.82) is 0 Å². The number of carbonyl (C=O) groups excluding carboxylic acids is 2. The Labute approximate surface area is 159 Å². The van der Waals surface area contributed by atoms with Gasteiger partial charge in [0.05, 0.1) is 22.9 Å². The van der Waals surface area contributed by atoms with Gasteiger partial charge in [-0.15, -0.1) is 0 Å². The summed E-state index contributed by atoms with van der Waals surface area (Å²) in [6, 6.07) is 9.29. The Morgan fingerprint density at radius 3 is 2.11 bits per heavy atom. The first-order valence-corrected chi connectivity index (χ1v) is 9.75. The molecule has 10 heteroatoms. The number of halogens is 3. The molecule has 0 aromatic heterocycles. The van der Waals surface area contributed by atoms with E-state index in [-0.39, 0.29) is 22.7 Å². The molecule has 28 heavy (non-hydrogen) atoms. The quantitative estimate of drug-likeness (QED) is 0.839. The molecule has 1 aliphatic heterocycles. The fraction of sp³-hybridized carbons (Fsp3) is 0.222. The highest BCUT2D eigenvalue weighted by Gasteiger charge is 2.41. The number of alkyl halides is 3. The van der Waals surface area contributed by atoms with Crippen LogP contribution in [-0.2, 0) is 21.0 Å². The zero-order valence-corrected chi connectivity index (χ0v) is 15.3. The van der Waals surface area contributed by atoms with E-state index in [0.717, 1.165) is 28.6 Å². The van der Waals surface area contributed by atoms with Crippen LogP contribution in [0.4, 0.5) is 24.5 Å². The molecule has 0 saturated carbocycles. The van der Waals surface area contributed by atoms with Gasteiger partial charge in [-0.1, -0.05) is 6.92 Å². The number of carbonyl (C=O) groups is 2. The van der Waals surface area contributed by atoms with Gasteiger partial charge in [0.15, 0.2) is 0 Å². The largest absolute Gasteiger partial charge is 0.416 e. The van der Waals surface area contributed by atoms with Crippen LogP contribution < -0.4 is 9.62 Å². The highest BCUT2D eigenvalue weighted by molar-refractivity contribution is 7.94. The Hall–Kier alpha value is -2.88. The van der Waals surface area contributed by atoms with E-state index in [1.54, 1.807) is 0 Å². The molecule has 6 nitrogen and oxygen atoms in total. The number of sulfonamides is 1. The van der Waals surface area contributed by atoms with Crippen LogP contribution in [0.25, 0.3) is 0 Å². The lowest BCUT2D eigenvalue weighted by Gasteiger charge is -2.15. The third-order valence-electron chi connectivity index (χ3n) is 4.19. The van der Waals surface area contributed by atoms with E-state index in [2.05, 4.69) is 5.32 Å². The van der Waals surface area contributed by atoms with Gasteiger partial charge in [0.1, 0.15) is 0 Å². The zero-order valence-electron chi connectivity index (χ0n) is 14.5. The Kier molecular flexibility index (Phi) is 4.92. The number of hydrogen-bond donors (Lipinski definition) is 1. The lowest BCUT2D eigenvalue weighted by molar-refractivity contribution is -0.137. The van der Waals surface area contributed by atoms with Gasteiger partial charge < -0.3 is 5.32 Å². The third kappa shape index (κ3) is 3.86. The molecule has 1 N–H and O–H groups in total. The fourth-order valence-electron chi connectivity index (χ4n) is 2.78. The molecule has 2 aromatic rings. The molecule has 3 rings (SSSR count). The average molecular weight is 412 g/mol. The lowest BCUT2D eigenvalue weighted by atomic mass is 10.1. The number of nitrogens with zero attached hydrogens (tertiary/aromatic N) is 1. The molecule has 2 amide bonds. The molecule has 1 heterocycles. The van der Waals surface area contributed by atoms with Gasteiger partial charge in [0, 0.05) is 11.3 Å². The molecule has 0 aliphatic carbocycles. The first-order valence-electron chi connectivity index (χ1n) is 8.14. The maximum absolute atomic E-state index is 12.6. The summed E-state index contributed by atoms with van der Waals surface area (Å²) in [5.74, 6) is -2.05. The van der Waals surface area contributed by atoms with Crippen LogP contribution in [0.3, 0.4) is 0 Å². The van der Waals surface area contributed by atoms with Gasteiger partial charge in [0.25, 0.3) is 5.91 Å². The van der Waals surface area contributed by atoms with Gasteiger partial charge in [0.2, 0.25) is 15.9 Å². The van der Waals surface area contributed by atoms with Crippen LogP contribution in [0.1, 0.15) is 22.8 Å². The second-order valence-corrected chi connectivity index (χ2v) is 8.22. The topological polar surface area (TPSA) is 83.6 Å². The number of nitrogens with one attached hydrogen (secondary N) is 1. The van der Waals surface area contributed by atoms with Crippen molar-refractivity contribution < 1.29 is 31.2 Å². The Morgan fingerprint density at radius 1 is 1.07 bits per heavy atom. The highest BCUT2D eigenvalue weighted by atomic mass is 32.2. The predicted molar refractivity (Wildman–Crippen MR) is 96.3 cm³/mol. The SMILES string of the molecule is CC1CS(=O)(=O)N(c2ccc(C(=O)Nc3ccc(C(F)(F)F)cc3)cc2)C1=O. The van der Waals surface area contributed by atoms with E-state index >= 15 is 0 Å². The molecule has 2 aromatic carbocycles. The van der Waals surface area contributed by atoms with Crippen LogP contribution in [-0.4, -0.2) is 26.0 Å². The van der Waals surface area contributed by atoms with E-state index in [1.807, 2.05) is 0 Å². The molecule has 148 valence electrons. The van der Waals surface area contributed by atoms with Gasteiger partial charge in [-0.25, -0.2) is 12.7 Å². The number of anilines is 2. The van der Waals surface area contributed by atoms with Crippen LogP contribution in [0, 0.1) is 5.92 Å². The molecule has 1 atom stereocenters. The van der Waals surface area contributed by atoms with E-state index in [0.29, 0.717) is 0 Å². The van der Waals surface area contributed by atoms with Crippen molar-refractivity contribution in [3.8, 4) is 0 Å². The molecule has 1 fully saturated rings. The Bertz CT molecular complexity index is 1020. The number of rotatable bonds is 3. The van der Waals surface area contributed by atoms with E-state index in [1.165, 1.54) is 31.2 Å². The lowest BCUT2D eigenvalue weighted by Crippen LogP contribution is -2.30. The van der Waals surface area contributed by atoms with Crippen molar-refractivity contribution >= 4 is 33.2 Å². The minimum atomic E-state index is -4.47. The highest BCUT2D eigenvalue weighted by Crippen LogP contribution is 2.30. The summed E-state index contributed by atoms with van der Waals surface area (Å²) in [6.45, 7) is 1.52. The summed E-state index contributed by atoms with van der Waals surface area (Å²) >= 11 is 0.